The zero-order valence-corrected chi connectivity index (χ0v) is 15.9. The molecule has 1 aromatic rings. The molecule has 26 heavy (non-hydrogen) atoms. The van der Waals surface area contributed by atoms with Gasteiger partial charge in [-0.1, -0.05) is 6.07 Å². The number of pyridine rings is 1. The molecule has 5 rings (SSSR count). The van der Waals surface area contributed by atoms with Gasteiger partial charge in [0.15, 0.2) is 0 Å². The van der Waals surface area contributed by atoms with Gasteiger partial charge in [0.2, 0.25) is 0 Å². The molecule has 1 spiro atoms. The molecule has 2 saturated heterocycles. The van der Waals surface area contributed by atoms with Crippen molar-refractivity contribution in [1.82, 2.24) is 4.98 Å². The number of hydrogen-bond acceptors (Lipinski definition) is 5. The largest absolute Gasteiger partial charge is 0.378 e. The van der Waals surface area contributed by atoms with Gasteiger partial charge >= 0.3 is 0 Å². The highest BCUT2D eigenvalue weighted by Gasteiger charge is 2.58. The monoisotopic (exact) mass is 356 g/mol. The summed E-state index contributed by atoms with van der Waals surface area (Å²) in [5.41, 5.74) is 15.3. The van der Waals surface area contributed by atoms with E-state index in [4.69, 9.17) is 21.2 Å². The second-order valence-corrected chi connectivity index (χ2v) is 9.53. The molecule has 2 atom stereocenters. The van der Waals surface area contributed by atoms with Crippen molar-refractivity contribution in [3.63, 3.8) is 0 Å². The standard InChI is InChI=1S/C21H32N4O/c1-14-17(21(23)12-20(13-21)9-16(22)10-20)4-5-19(24-14)25-7-6-18-15(11-25)3-2-8-26-18/h4-5,15-16,18H,2-3,6-13,22-23H2,1H3/t15-,16?,18-,20?,21?/m1/s1. The van der Waals surface area contributed by atoms with Gasteiger partial charge in [-0.25, -0.2) is 4.98 Å². The Morgan fingerprint density at radius 2 is 2.04 bits per heavy atom. The molecule has 2 aliphatic heterocycles. The molecule has 2 saturated carbocycles. The predicted molar refractivity (Wildman–Crippen MR) is 103 cm³/mol. The van der Waals surface area contributed by atoms with Crippen molar-refractivity contribution in [2.45, 2.75) is 69.6 Å². The molecule has 4 fully saturated rings. The second-order valence-electron chi connectivity index (χ2n) is 9.53. The Labute approximate surface area is 156 Å². The summed E-state index contributed by atoms with van der Waals surface area (Å²) in [6.45, 7) is 5.19. The van der Waals surface area contributed by atoms with Crippen LogP contribution in [0.3, 0.4) is 0 Å². The van der Waals surface area contributed by atoms with E-state index in [1.165, 1.54) is 18.4 Å². The van der Waals surface area contributed by atoms with Gasteiger partial charge in [-0.15, -0.1) is 0 Å². The maximum Gasteiger partial charge on any atom is 0.128 e. The molecule has 0 aromatic carbocycles. The molecule has 0 amide bonds. The summed E-state index contributed by atoms with van der Waals surface area (Å²) in [6.07, 6.45) is 8.50. The summed E-state index contributed by atoms with van der Waals surface area (Å²) < 4.78 is 5.95. The fourth-order valence-electron chi connectivity index (χ4n) is 6.36. The van der Waals surface area contributed by atoms with Crippen LogP contribution in [-0.4, -0.2) is 36.8 Å². The molecule has 5 nitrogen and oxygen atoms in total. The number of fused-ring (bicyclic) bond motifs is 1. The quantitative estimate of drug-likeness (QED) is 0.851. The first-order valence-corrected chi connectivity index (χ1v) is 10.4. The molecule has 3 heterocycles. The zero-order valence-electron chi connectivity index (χ0n) is 15.9. The van der Waals surface area contributed by atoms with Gasteiger partial charge in [0.1, 0.15) is 5.82 Å². The number of aromatic nitrogens is 1. The number of anilines is 1. The average molecular weight is 357 g/mol. The van der Waals surface area contributed by atoms with E-state index in [9.17, 15) is 0 Å². The van der Waals surface area contributed by atoms with Crippen LogP contribution in [0, 0.1) is 18.3 Å². The van der Waals surface area contributed by atoms with Gasteiger partial charge in [0, 0.05) is 42.9 Å². The van der Waals surface area contributed by atoms with Crippen molar-refractivity contribution < 1.29 is 4.74 Å². The summed E-state index contributed by atoms with van der Waals surface area (Å²) in [7, 11) is 0. The topological polar surface area (TPSA) is 77.4 Å². The SMILES string of the molecule is Cc1nc(N2CC[C@H]3OCCC[C@@H]3C2)ccc1C1(N)CC2(CC(N)C2)C1. The molecule has 4 aliphatic rings. The highest BCUT2D eigenvalue weighted by Crippen LogP contribution is 2.62. The highest BCUT2D eigenvalue weighted by atomic mass is 16.5. The van der Waals surface area contributed by atoms with Crippen molar-refractivity contribution in [1.29, 1.82) is 0 Å². The van der Waals surface area contributed by atoms with E-state index in [0.717, 1.165) is 63.3 Å². The summed E-state index contributed by atoms with van der Waals surface area (Å²) in [5, 5.41) is 0. The Hall–Kier alpha value is -1.17. The van der Waals surface area contributed by atoms with E-state index in [0.29, 0.717) is 23.5 Å². The number of nitrogens with two attached hydrogens (primary N) is 2. The second kappa shape index (κ2) is 5.91. The van der Waals surface area contributed by atoms with Gasteiger partial charge in [-0.3, -0.25) is 0 Å². The van der Waals surface area contributed by atoms with Crippen molar-refractivity contribution in [2.75, 3.05) is 24.6 Å². The lowest BCUT2D eigenvalue weighted by Gasteiger charge is -2.62. The van der Waals surface area contributed by atoms with Crippen molar-refractivity contribution in [3.05, 3.63) is 23.4 Å². The lowest BCUT2D eigenvalue weighted by Crippen LogP contribution is -2.63. The average Bonchev–Trinajstić information content (AvgIpc) is 2.58. The van der Waals surface area contributed by atoms with Crippen molar-refractivity contribution in [3.8, 4) is 0 Å². The number of aryl methyl sites for hydroxylation is 1. The fourth-order valence-corrected chi connectivity index (χ4v) is 6.36. The van der Waals surface area contributed by atoms with Crippen LogP contribution in [0.15, 0.2) is 12.1 Å². The van der Waals surface area contributed by atoms with Gasteiger partial charge in [-0.2, -0.15) is 0 Å². The third kappa shape index (κ3) is 2.67. The van der Waals surface area contributed by atoms with E-state index in [-0.39, 0.29) is 5.54 Å². The minimum absolute atomic E-state index is 0.194. The van der Waals surface area contributed by atoms with Crippen LogP contribution in [0.2, 0.25) is 0 Å². The first-order valence-electron chi connectivity index (χ1n) is 10.4. The highest BCUT2D eigenvalue weighted by molar-refractivity contribution is 5.45. The van der Waals surface area contributed by atoms with E-state index in [2.05, 4.69) is 24.0 Å². The molecular weight excluding hydrogens is 324 g/mol. The zero-order chi connectivity index (χ0) is 17.9. The number of nitrogens with zero attached hydrogens (tertiary/aromatic N) is 2. The van der Waals surface area contributed by atoms with Gasteiger partial charge < -0.3 is 21.1 Å². The van der Waals surface area contributed by atoms with Crippen LogP contribution in [0.25, 0.3) is 0 Å². The van der Waals surface area contributed by atoms with E-state index in [1.54, 1.807) is 0 Å². The van der Waals surface area contributed by atoms with Crippen LogP contribution in [0.5, 0.6) is 0 Å². The minimum atomic E-state index is -0.194. The molecule has 0 unspecified atom stereocenters. The van der Waals surface area contributed by atoms with Gasteiger partial charge in [-0.05, 0) is 68.9 Å². The van der Waals surface area contributed by atoms with Crippen LogP contribution in [0.1, 0.15) is 56.2 Å². The van der Waals surface area contributed by atoms with Crippen LogP contribution in [0.4, 0.5) is 5.82 Å². The molecule has 142 valence electrons. The first kappa shape index (κ1) is 17.0. The number of piperidine rings is 1. The maximum absolute atomic E-state index is 6.76. The maximum atomic E-state index is 6.76. The molecule has 2 aliphatic carbocycles. The van der Waals surface area contributed by atoms with Crippen molar-refractivity contribution in [2.24, 2.45) is 22.8 Å². The number of rotatable bonds is 2. The Balaban J connectivity index is 1.30. The molecule has 1 aromatic heterocycles. The normalized spacial score (nSPS) is 42.1. The Morgan fingerprint density at radius 1 is 1.23 bits per heavy atom. The molecular formula is C21H32N4O. The Bertz CT molecular complexity index is 691. The third-order valence-corrected chi connectivity index (χ3v) is 7.42. The summed E-state index contributed by atoms with van der Waals surface area (Å²) in [5.74, 6) is 1.77. The minimum Gasteiger partial charge on any atom is -0.378 e. The van der Waals surface area contributed by atoms with Crippen molar-refractivity contribution >= 4 is 5.82 Å². The molecule has 0 bridgehead atoms. The first-order chi connectivity index (χ1) is 12.5. The lowest BCUT2D eigenvalue weighted by atomic mass is 9.46. The lowest BCUT2D eigenvalue weighted by molar-refractivity contribution is -0.0593. The Kier molecular flexibility index (Phi) is 3.86. The van der Waals surface area contributed by atoms with E-state index < -0.39 is 0 Å². The molecule has 4 N–H and O–H groups in total. The molecule has 0 radical (unpaired) electrons. The fraction of sp³-hybridized carbons (Fsp3) is 0.762. The Morgan fingerprint density at radius 3 is 2.77 bits per heavy atom. The summed E-state index contributed by atoms with van der Waals surface area (Å²) in [6, 6.07) is 4.83. The third-order valence-electron chi connectivity index (χ3n) is 7.42. The predicted octanol–water partition coefficient (Wildman–Crippen LogP) is 2.45. The summed E-state index contributed by atoms with van der Waals surface area (Å²) >= 11 is 0. The molecule has 5 heteroatoms. The van der Waals surface area contributed by atoms with Crippen LogP contribution < -0.4 is 16.4 Å². The van der Waals surface area contributed by atoms with E-state index >= 15 is 0 Å². The number of hydrogen-bond donors (Lipinski definition) is 2. The van der Waals surface area contributed by atoms with Gasteiger partial charge in [0.05, 0.1) is 6.10 Å². The van der Waals surface area contributed by atoms with Gasteiger partial charge in [0.25, 0.3) is 0 Å². The summed E-state index contributed by atoms with van der Waals surface area (Å²) in [4.78, 5) is 7.42. The van der Waals surface area contributed by atoms with E-state index in [1.807, 2.05) is 0 Å². The smallest absolute Gasteiger partial charge is 0.128 e. The number of ether oxygens (including phenoxy) is 1. The van der Waals surface area contributed by atoms with Crippen LogP contribution in [-0.2, 0) is 10.3 Å². The van der Waals surface area contributed by atoms with Crippen LogP contribution >= 0.6 is 0 Å².